The maximum absolute atomic E-state index is 12.5. The summed E-state index contributed by atoms with van der Waals surface area (Å²) < 4.78 is 31.2. The van der Waals surface area contributed by atoms with Gasteiger partial charge in [0.25, 0.3) is 0 Å². The molecule has 27 heavy (non-hydrogen) atoms. The number of ether oxygens (including phenoxy) is 1. The Labute approximate surface area is 155 Å². The summed E-state index contributed by atoms with van der Waals surface area (Å²) >= 11 is 0. The average Bonchev–Trinajstić information content (AvgIpc) is 2.92. The standard InChI is InChI=1S/C20H19F2N3O2/c1-13-16(14(2)25(24-13)15-8-4-3-5-9-15)12-19(26)23-17-10-6-7-11-18(17)27-20(21)22/h3-11,20H,12H2,1-2H3,(H,23,26). The van der Waals surface area contributed by atoms with Crippen LogP contribution in [0.1, 0.15) is 17.0 Å². The third kappa shape index (κ3) is 4.31. The van der Waals surface area contributed by atoms with Gasteiger partial charge in [0.2, 0.25) is 5.91 Å². The zero-order valence-electron chi connectivity index (χ0n) is 14.9. The normalized spacial score (nSPS) is 10.9. The molecule has 3 aromatic rings. The molecular weight excluding hydrogens is 352 g/mol. The molecule has 0 aliphatic carbocycles. The number of halogens is 2. The quantitative estimate of drug-likeness (QED) is 0.704. The molecule has 3 rings (SSSR count). The number of benzene rings is 2. The lowest BCUT2D eigenvalue weighted by molar-refractivity contribution is -0.115. The molecule has 0 radical (unpaired) electrons. The van der Waals surface area contributed by atoms with Crippen LogP contribution in [0, 0.1) is 13.8 Å². The molecule has 5 nitrogen and oxygen atoms in total. The van der Waals surface area contributed by atoms with Crippen LogP contribution < -0.4 is 10.1 Å². The highest BCUT2D eigenvalue weighted by Crippen LogP contribution is 2.26. The summed E-state index contributed by atoms with van der Waals surface area (Å²) in [7, 11) is 0. The first-order valence-electron chi connectivity index (χ1n) is 8.40. The van der Waals surface area contributed by atoms with Gasteiger partial charge in [0, 0.05) is 11.3 Å². The molecule has 0 saturated heterocycles. The Kier molecular flexibility index (Phi) is 5.49. The van der Waals surface area contributed by atoms with Gasteiger partial charge in [-0.1, -0.05) is 30.3 Å². The van der Waals surface area contributed by atoms with Gasteiger partial charge in [-0.05, 0) is 38.1 Å². The van der Waals surface area contributed by atoms with Crippen molar-refractivity contribution in [2.24, 2.45) is 0 Å². The Hall–Kier alpha value is -3.22. The Bertz CT molecular complexity index is 940. The smallest absolute Gasteiger partial charge is 0.387 e. The molecule has 0 aliphatic rings. The Morgan fingerprint density at radius 1 is 1.11 bits per heavy atom. The van der Waals surface area contributed by atoms with E-state index >= 15 is 0 Å². The van der Waals surface area contributed by atoms with E-state index in [1.54, 1.807) is 16.8 Å². The minimum atomic E-state index is -2.96. The molecule has 0 bridgehead atoms. The van der Waals surface area contributed by atoms with Crippen molar-refractivity contribution < 1.29 is 18.3 Å². The number of hydrogen-bond donors (Lipinski definition) is 1. The van der Waals surface area contributed by atoms with Gasteiger partial charge in [0.15, 0.2) is 0 Å². The SMILES string of the molecule is Cc1nn(-c2ccccc2)c(C)c1CC(=O)Nc1ccccc1OC(F)F. The minimum Gasteiger partial charge on any atom is -0.433 e. The summed E-state index contributed by atoms with van der Waals surface area (Å²) in [5.74, 6) is -0.409. The number of para-hydroxylation sites is 3. The van der Waals surface area contributed by atoms with E-state index in [0.717, 1.165) is 22.6 Å². The molecule has 0 spiro atoms. The van der Waals surface area contributed by atoms with Gasteiger partial charge in [-0.15, -0.1) is 0 Å². The van der Waals surface area contributed by atoms with Crippen molar-refractivity contribution in [3.05, 3.63) is 71.5 Å². The molecular formula is C20H19F2N3O2. The van der Waals surface area contributed by atoms with Crippen LogP contribution >= 0.6 is 0 Å². The van der Waals surface area contributed by atoms with E-state index in [-0.39, 0.29) is 23.8 Å². The van der Waals surface area contributed by atoms with Crippen LogP contribution in [0.3, 0.4) is 0 Å². The van der Waals surface area contributed by atoms with Crippen LogP contribution in [-0.4, -0.2) is 22.3 Å². The van der Waals surface area contributed by atoms with Gasteiger partial charge in [-0.25, -0.2) is 4.68 Å². The number of anilines is 1. The highest BCUT2D eigenvalue weighted by Gasteiger charge is 2.17. The van der Waals surface area contributed by atoms with E-state index in [9.17, 15) is 13.6 Å². The number of alkyl halides is 2. The maximum atomic E-state index is 12.5. The maximum Gasteiger partial charge on any atom is 0.387 e. The van der Waals surface area contributed by atoms with Crippen LogP contribution in [0.5, 0.6) is 5.75 Å². The van der Waals surface area contributed by atoms with Crippen LogP contribution in [-0.2, 0) is 11.2 Å². The van der Waals surface area contributed by atoms with Crippen LogP contribution in [0.4, 0.5) is 14.5 Å². The van der Waals surface area contributed by atoms with Crippen LogP contribution in [0.25, 0.3) is 5.69 Å². The van der Waals surface area contributed by atoms with Crippen molar-refractivity contribution >= 4 is 11.6 Å². The van der Waals surface area contributed by atoms with Gasteiger partial charge in [0.05, 0.1) is 23.5 Å². The van der Waals surface area contributed by atoms with E-state index in [2.05, 4.69) is 15.2 Å². The number of amides is 1. The monoisotopic (exact) mass is 371 g/mol. The number of carbonyl (C=O) groups is 1. The molecule has 0 atom stereocenters. The van der Waals surface area contributed by atoms with Gasteiger partial charge in [-0.3, -0.25) is 4.79 Å². The van der Waals surface area contributed by atoms with E-state index < -0.39 is 6.61 Å². The topological polar surface area (TPSA) is 56.2 Å². The lowest BCUT2D eigenvalue weighted by Gasteiger charge is -2.12. The zero-order chi connectivity index (χ0) is 19.4. The summed E-state index contributed by atoms with van der Waals surface area (Å²) in [4.78, 5) is 12.5. The molecule has 0 aliphatic heterocycles. The molecule has 7 heteroatoms. The zero-order valence-corrected chi connectivity index (χ0v) is 14.9. The van der Waals surface area contributed by atoms with Gasteiger partial charge in [0.1, 0.15) is 5.75 Å². The summed E-state index contributed by atoms with van der Waals surface area (Å²) in [6, 6.07) is 15.7. The molecule has 140 valence electrons. The summed E-state index contributed by atoms with van der Waals surface area (Å²) in [6.45, 7) is 0.767. The molecule has 0 unspecified atom stereocenters. The Balaban J connectivity index is 1.79. The summed E-state index contributed by atoms with van der Waals surface area (Å²) in [6.07, 6.45) is 0.0769. The first-order valence-corrected chi connectivity index (χ1v) is 8.40. The number of rotatable bonds is 6. The van der Waals surface area contributed by atoms with Crippen molar-refractivity contribution in [2.45, 2.75) is 26.9 Å². The highest BCUT2D eigenvalue weighted by molar-refractivity contribution is 5.93. The Morgan fingerprint density at radius 2 is 1.78 bits per heavy atom. The fourth-order valence-corrected chi connectivity index (χ4v) is 2.88. The molecule has 1 amide bonds. The highest BCUT2D eigenvalue weighted by atomic mass is 19.3. The second-order valence-corrected chi connectivity index (χ2v) is 6.00. The predicted octanol–water partition coefficient (Wildman–Crippen LogP) is 4.27. The molecule has 1 heterocycles. The number of hydrogen-bond acceptors (Lipinski definition) is 3. The molecule has 0 fully saturated rings. The van der Waals surface area contributed by atoms with E-state index in [1.165, 1.54) is 12.1 Å². The van der Waals surface area contributed by atoms with Crippen molar-refractivity contribution in [2.75, 3.05) is 5.32 Å². The number of carbonyl (C=O) groups excluding carboxylic acids is 1. The number of nitrogens with zero attached hydrogens (tertiary/aromatic N) is 2. The minimum absolute atomic E-state index is 0.0747. The summed E-state index contributed by atoms with van der Waals surface area (Å²) in [5.41, 5.74) is 3.49. The third-order valence-corrected chi connectivity index (χ3v) is 4.16. The fraction of sp³-hybridized carbons (Fsp3) is 0.200. The molecule has 2 aromatic carbocycles. The predicted molar refractivity (Wildman–Crippen MR) is 98.4 cm³/mol. The van der Waals surface area contributed by atoms with E-state index in [4.69, 9.17) is 0 Å². The number of nitrogens with one attached hydrogen (secondary N) is 1. The third-order valence-electron chi connectivity index (χ3n) is 4.16. The fourth-order valence-electron chi connectivity index (χ4n) is 2.88. The van der Waals surface area contributed by atoms with Crippen molar-refractivity contribution in [1.82, 2.24) is 9.78 Å². The second-order valence-electron chi connectivity index (χ2n) is 6.00. The molecule has 1 N–H and O–H groups in total. The molecule has 1 aromatic heterocycles. The van der Waals surface area contributed by atoms with Crippen LogP contribution in [0.2, 0.25) is 0 Å². The van der Waals surface area contributed by atoms with Gasteiger partial charge >= 0.3 is 6.61 Å². The van der Waals surface area contributed by atoms with Crippen molar-refractivity contribution in [3.8, 4) is 11.4 Å². The lowest BCUT2D eigenvalue weighted by atomic mass is 10.1. The van der Waals surface area contributed by atoms with Crippen molar-refractivity contribution in [1.29, 1.82) is 0 Å². The lowest BCUT2D eigenvalue weighted by Crippen LogP contribution is -2.16. The molecule has 0 saturated carbocycles. The van der Waals surface area contributed by atoms with Crippen molar-refractivity contribution in [3.63, 3.8) is 0 Å². The second kappa shape index (κ2) is 7.99. The largest absolute Gasteiger partial charge is 0.433 e. The summed E-state index contributed by atoms with van der Waals surface area (Å²) in [5, 5.41) is 7.14. The van der Waals surface area contributed by atoms with Gasteiger partial charge < -0.3 is 10.1 Å². The van der Waals surface area contributed by atoms with Crippen LogP contribution in [0.15, 0.2) is 54.6 Å². The van der Waals surface area contributed by atoms with Gasteiger partial charge in [-0.2, -0.15) is 13.9 Å². The number of aryl methyl sites for hydroxylation is 1. The van der Waals surface area contributed by atoms with E-state index in [1.807, 2.05) is 44.2 Å². The first-order chi connectivity index (χ1) is 13.0. The first kappa shape index (κ1) is 18.6. The average molecular weight is 371 g/mol. The number of aromatic nitrogens is 2. The Morgan fingerprint density at radius 3 is 2.48 bits per heavy atom. The van der Waals surface area contributed by atoms with E-state index in [0.29, 0.717) is 0 Å².